The van der Waals surface area contributed by atoms with Crippen molar-refractivity contribution in [1.82, 2.24) is 0 Å². The molecule has 0 atom stereocenters. The van der Waals surface area contributed by atoms with Crippen LogP contribution in [-0.4, -0.2) is 17.2 Å². The molecular weight excluding hydrogens is 235 g/mol. The molecule has 0 rings (SSSR count). The number of hydrogen-bond donors (Lipinski definition) is 2. The van der Waals surface area contributed by atoms with Gasteiger partial charge in [-0.05, 0) is 31.0 Å². The Balaban J connectivity index is 4.03. The van der Waals surface area contributed by atoms with Crippen LogP contribution in [0.2, 0.25) is 6.32 Å². The van der Waals surface area contributed by atoms with Crippen molar-refractivity contribution in [1.29, 1.82) is 0 Å². The molecule has 0 amide bonds. The molecule has 0 saturated carbocycles. The first-order valence-corrected chi connectivity index (χ1v) is 8.40. The van der Waals surface area contributed by atoms with Gasteiger partial charge in [-0.1, -0.05) is 72.1 Å². The third-order valence-corrected chi connectivity index (χ3v) is 4.27. The van der Waals surface area contributed by atoms with E-state index in [1.54, 1.807) is 0 Å². The molecule has 0 spiro atoms. The van der Waals surface area contributed by atoms with Gasteiger partial charge in [0.1, 0.15) is 0 Å². The lowest BCUT2D eigenvalue weighted by Gasteiger charge is -2.30. The molecule has 0 aliphatic heterocycles. The molecule has 3 heteroatoms. The normalized spacial score (nSPS) is 11.8. The molecule has 0 aliphatic carbocycles. The highest BCUT2D eigenvalue weighted by Gasteiger charge is 2.25. The van der Waals surface area contributed by atoms with E-state index in [2.05, 4.69) is 20.8 Å². The van der Waals surface area contributed by atoms with Crippen LogP contribution in [0.1, 0.15) is 91.4 Å². The van der Waals surface area contributed by atoms with Crippen molar-refractivity contribution in [2.24, 2.45) is 5.41 Å². The fourth-order valence-corrected chi connectivity index (χ4v) is 2.81. The van der Waals surface area contributed by atoms with Gasteiger partial charge in [-0.3, -0.25) is 0 Å². The molecular formula is C16H35BO2. The molecule has 0 fully saturated rings. The Bertz CT molecular complexity index is 183. The molecule has 0 aromatic carbocycles. The zero-order valence-electron chi connectivity index (χ0n) is 13.5. The molecule has 19 heavy (non-hydrogen) atoms. The lowest BCUT2D eigenvalue weighted by atomic mass is 9.70. The summed E-state index contributed by atoms with van der Waals surface area (Å²) in [6.45, 7) is 6.82. The van der Waals surface area contributed by atoms with Crippen molar-refractivity contribution in [3.8, 4) is 0 Å². The standard InChI is InChI=1S/C16H35BO2/c1-4-6-8-10-12-16(3,14-15-17(18)19)13-11-9-7-5-2/h18-19H,4-15H2,1-3H3. The second-order valence-corrected chi connectivity index (χ2v) is 6.45. The van der Waals surface area contributed by atoms with Crippen LogP contribution in [0, 0.1) is 5.41 Å². The van der Waals surface area contributed by atoms with Crippen LogP contribution in [0.5, 0.6) is 0 Å². The van der Waals surface area contributed by atoms with Crippen molar-refractivity contribution >= 4 is 7.12 Å². The first kappa shape index (κ1) is 19.0. The summed E-state index contributed by atoms with van der Waals surface area (Å²) in [6.07, 6.45) is 14.4. The Hall–Kier alpha value is -0.0151. The third kappa shape index (κ3) is 11.5. The van der Waals surface area contributed by atoms with E-state index in [0.717, 1.165) is 6.42 Å². The molecule has 0 saturated heterocycles. The van der Waals surface area contributed by atoms with Gasteiger partial charge in [-0.15, -0.1) is 0 Å². The summed E-state index contributed by atoms with van der Waals surface area (Å²) >= 11 is 0. The summed E-state index contributed by atoms with van der Waals surface area (Å²) in [5.74, 6) is 0. The van der Waals surface area contributed by atoms with E-state index in [-0.39, 0.29) is 0 Å². The summed E-state index contributed by atoms with van der Waals surface area (Å²) in [5, 5.41) is 18.2. The Morgan fingerprint density at radius 2 is 1.21 bits per heavy atom. The minimum absolute atomic E-state index is 0.311. The maximum absolute atomic E-state index is 9.09. The van der Waals surface area contributed by atoms with E-state index in [1.165, 1.54) is 64.2 Å². The van der Waals surface area contributed by atoms with E-state index in [1.807, 2.05) is 0 Å². The second kappa shape index (κ2) is 11.8. The van der Waals surface area contributed by atoms with Crippen molar-refractivity contribution in [2.45, 2.75) is 97.7 Å². The fraction of sp³-hybridized carbons (Fsp3) is 1.00. The third-order valence-electron chi connectivity index (χ3n) is 4.27. The molecule has 0 aromatic heterocycles. The molecule has 0 radical (unpaired) electrons. The summed E-state index contributed by atoms with van der Waals surface area (Å²) in [4.78, 5) is 0. The number of unbranched alkanes of at least 4 members (excludes halogenated alkanes) is 6. The maximum Gasteiger partial charge on any atom is 0.451 e. The molecule has 2 nitrogen and oxygen atoms in total. The Morgan fingerprint density at radius 3 is 1.58 bits per heavy atom. The molecule has 0 unspecified atom stereocenters. The Kier molecular flexibility index (Phi) is 11.8. The van der Waals surface area contributed by atoms with Gasteiger partial charge in [0.25, 0.3) is 0 Å². The molecule has 0 aromatic rings. The fourth-order valence-electron chi connectivity index (χ4n) is 2.81. The van der Waals surface area contributed by atoms with Gasteiger partial charge in [-0.25, -0.2) is 0 Å². The van der Waals surface area contributed by atoms with Crippen molar-refractivity contribution in [3.05, 3.63) is 0 Å². The summed E-state index contributed by atoms with van der Waals surface area (Å²) < 4.78 is 0. The zero-order valence-corrected chi connectivity index (χ0v) is 13.5. The summed E-state index contributed by atoms with van der Waals surface area (Å²) in [5.41, 5.74) is 0.311. The van der Waals surface area contributed by atoms with Gasteiger partial charge in [0.15, 0.2) is 0 Å². The van der Waals surface area contributed by atoms with Gasteiger partial charge in [0.05, 0.1) is 0 Å². The largest absolute Gasteiger partial charge is 0.451 e. The van der Waals surface area contributed by atoms with Crippen molar-refractivity contribution in [3.63, 3.8) is 0 Å². The first-order valence-electron chi connectivity index (χ1n) is 8.40. The molecule has 0 bridgehead atoms. The van der Waals surface area contributed by atoms with E-state index < -0.39 is 7.12 Å². The van der Waals surface area contributed by atoms with Crippen LogP contribution in [0.3, 0.4) is 0 Å². The number of hydrogen-bond acceptors (Lipinski definition) is 2. The van der Waals surface area contributed by atoms with Gasteiger partial charge in [0.2, 0.25) is 0 Å². The van der Waals surface area contributed by atoms with Gasteiger partial charge in [0, 0.05) is 0 Å². The average Bonchev–Trinajstić information content (AvgIpc) is 2.38. The first-order chi connectivity index (χ1) is 9.04. The lowest BCUT2D eigenvalue weighted by molar-refractivity contribution is 0.234. The minimum Gasteiger partial charge on any atom is -0.427 e. The van der Waals surface area contributed by atoms with Crippen LogP contribution in [0.15, 0.2) is 0 Å². The lowest BCUT2D eigenvalue weighted by Crippen LogP contribution is -2.21. The Labute approximate surface area is 121 Å². The van der Waals surface area contributed by atoms with Crippen LogP contribution in [-0.2, 0) is 0 Å². The van der Waals surface area contributed by atoms with E-state index in [4.69, 9.17) is 10.0 Å². The van der Waals surface area contributed by atoms with E-state index >= 15 is 0 Å². The van der Waals surface area contributed by atoms with Gasteiger partial charge >= 0.3 is 7.12 Å². The monoisotopic (exact) mass is 270 g/mol. The summed E-state index contributed by atoms with van der Waals surface area (Å²) in [6, 6.07) is 0. The molecule has 0 aliphatic rings. The van der Waals surface area contributed by atoms with Crippen LogP contribution < -0.4 is 0 Å². The van der Waals surface area contributed by atoms with Crippen molar-refractivity contribution < 1.29 is 10.0 Å². The highest BCUT2D eigenvalue weighted by atomic mass is 16.4. The molecule has 114 valence electrons. The zero-order chi connectivity index (χ0) is 14.6. The van der Waals surface area contributed by atoms with Crippen molar-refractivity contribution in [2.75, 3.05) is 0 Å². The second-order valence-electron chi connectivity index (χ2n) is 6.45. The highest BCUT2D eigenvalue weighted by molar-refractivity contribution is 6.40. The number of rotatable bonds is 13. The summed E-state index contributed by atoms with van der Waals surface area (Å²) in [7, 11) is -1.13. The maximum atomic E-state index is 9.09. The predicted molar refractivity (Wildman–Crippen MR) is 85.2 cm³/mol. The Morgan fingerprint density at radius 1 is 0.737 bits per heavy atom. The quantitative estimate of drug-likeness (QED) is 0.373. The van der Waals surface area contributed by atoms with E-state index in [9.17, 15) is 0 Å². The van der Waals surface area contributed by atoms with Crippen LogP contribution in [0.4, 0.5) is 0 Å². The molecule has 0 heterocycles. The SMILES string of the molecule is CCCCCCC(C)(CCCCCC)CCB(O)O. The average molecular weight is 270 g/mol. The van der Waals surface area contributed by atoms with E-state index in [0.29, 0.717) is 11.7 Å². The highest BCUT2D eigenvalue weighted by Crippen LogP contribution is 2.36. The smallest absolute Gasteiger partial charge is 0.427 e. The predicted octanol–water partition coefficient (Wildman–Crippen LogP) is 4.80. The van der Waals surface area contributed by atoms with Crippen LogP contribution in [0.25, 0.3) is 0 Å². The van der Waals surface area contributed by atoms with Crippen LogP contribution >= 0.6 is 0 Å². The van der Waals surface area contributed by atoms with Gasteiger partial charge < -0.3 is 10.0 Å². The topological polar surface area (TPSA) is 40.5 Å². The van der Waals surface area contributed by atoms with Gasteiger partial charge in [-0.2, -0.15) is 0 Å². The molecule has 2 N–H and O–H groups in total. The minimum atomic E-state index is -1.13.